The van der Waals surface area contributed by atoms with Crippen molar-refractivity contribution in [3.05, 3.63) is 89.0 Å². The Balaban J connectivity index is 1.58. The number of ether oxygens (including phenoxy) is 2. The van der Waals surface area contributed by atoms with E-state index in [-0.39, 0.29) is 24.2 Å². The number of ketones is 1. The molecule has 0 bridgehead atoms. The summed E-state index contributed by atoms with van der Waals surface area (Å²) in [6, 6.07) is 20.5. The normalized spacial score (nSPS) is 17.2. The summed E-state index contributed by atoms with van der Waals surface area (Å²) in [7, 11) is 0. The zero-order valence-electron chi connectivity index (χ0n) is 23.6. The zero-order valence-corrected chi connectivity index (χ0v) is 24.4. The van der Waals surface area contributed by atoms with Crippen LogP contribution in [0.25, 0.3) is 0 Å². The fourth-order valence-corrected chi connectivity index (χ4v) is 5.49. The van der Waals surface area contributed by atoms with Crippen LogP contribution in [0.1, 0.15) is 40.9 Å². The van der Waals surface area contributed by atoms with E-state index in [1.807, 2.05) is 62.6 Å². The second-order valence-corrected chi connectivity index (χ2v) is 11.8. The molecule has 7 nitrogen and oxygen atoms in total. The van der Waals surface area contributed by atoms with Crippen LogP contribution in [0.3, 0.4) is 0 Å². The molecule has 0 saturated carbocycles. The lowest BCUT2D eigenvalue weighted by molar-refractivity contribution is -0.154. The largest absolute Gasteiger partial charge is 0.482 e. The van der Waals surface area contributed by atoms with Crippen molar-refractivity contribution in [2.75, 3.05) is 19.3 Å². The number of Topliss-reactive ketones (excluding diaryl/α,β-unsaturated/α-hetero) is 1. The molecule has 1 fully saturated rings. The monoisotopic (exact) mass is 563 g/mol. The van der Waals surface area contributed by atoms with Crippen LogP contribution in [-0.4, -0.2) is 58.2 Å². The van der Waals surface area contributed by atoms with Gasteiger partial charge in [-0.05, 0) is 87.2 Å². The van der Waals surface area contributed by atoms with Gasteiger partial charge in [-0.2, -0.15) is 0 Å². The number of aliphatic hydroxyl groups is 2. The highest BCUT2D eigenvalue weighted by Crippen LogP contribution is 2.34. The number of carbonyl (C=O) groups is 2. The lowest BCUT2D eigenvalue weighted by atomic mass is 9.84. The summed E-state index contributed by atoms with van der Waals surface area (Å²) in [4.78, 5) is 29.5. The van der Waals surface area contributed by atoms with Crippen LogP contribution in [0.4, 0.5) is 4.79 Å². The van der Waals surface area contributed by atoms with Gasteiger partial charge in [0, 0.05) is 29.5 Å². The van der Waals surface area contributed by atoms with E-state index in [4.69, 9.17) is 9.47 Å². The predicted octanol–water partition coefficient (Wildman–Crippen LogP) is 5.67. The second kappa shape index (κ2) is 12.5. The van der Waals surface area contributed by atoms with E-state index in [0.717, 1.165) is 21.6 Å². The van der Waals surface area contributed by atoms with Gasteiger partial charge in [0.15, 0.2) is 17.7 Å². The first-order valence-corrected chi connectivity index (χ1v) is 14.6. The Morgan fingerprint density at radius 1 is 1.00 bits per heavy atom. The average molecular weight is 564 g/mol. The minimum atomic E-state index is -1.64. The van der Waals surface area contributed by atoms with E-state index in [1.165, 1.54) is 0 Å². The highest BCUT2D eigenvalue weighted by Gasteiger charge is 2.40. The van der Waals surface area contributed by atoms with Crippen molar-refractivity contribution in [2.24, 2.45) is 11.8 Å². The van der Waals surface area contributed by atoms with Crippen molar-refractivity contribution in [2.45, 2.75) is 50.9 Å². The molecule has 1 heterocycles. The molecule has 1 saturated heterocycles. The number of benzene rings is 3. The number of hydrogen-bond donors (Lipinski definition) is 2. The number of aryl methyl sites for hydroxylation is 2. The first-order chi connectivity index (χ1) is 19.0. The molecule has 4 rings (SSSR count). The highest BCUT2D eigenvalue weighted by molar-refractivity contribution is 7.98. The summed E-state index contributed by atoms with van der Waals surface area (Å²) < 4.78 is 11.6. The van der Waals surface area contributed by atoms with Gasteiger partial charge < -0.3 is 24.6 Å². The number of hydrogen-bond acceptors (Lipinski definition) is 7. The Morgan fingerprint density at radius 2 is 1.62 bits per heavy atom. The molecule has 0 spiro atoms. The van der Waals surface area contributed by atoms with Gasteiger partial charge in [-0.1, -0.05) is 42.5 Å². The quantitative estimate of drug-likeness (QED) is 0.197. The lowest BCUT2D eigenvalue weighted by Gasteiger charge is -2.30. The summed E-state index contributed by atoms with van der Waals surface area (Å²) in [5.74, 6) is 0.576. The van der Waals surface area contributed by atoms with Gasteiger partial charge in [-0.15, -0.1) is 11.8 Å². The van der Waals surface area contributed by atoms with Crippen molar-refractivity contribution in [3.63, 3.8) is 0 Å². The first kappa shape index (κ1) is 29.6. The maximum absolute atomic E-state index is 13.7. The summed E-state index contributed by atoms with van der Waals surface area (Å²) in [5, 5.41) is 19.4. The van der Waals surface area contributed by atoms with E-state index in [0.29, 0.717) is 30.0 Å². The van der Waals surface area contributed by atoms with Crippen LogP contribution in [0, 0.1) is 25.7 Å². The third kappa shape index (κ3) is 6.86. The van der Waals surface area contributed by atoms with Crippen molar-refractivity contribution in [3.8, 4) is 11.5 Å². The summed E-state index contributed by atoms with van der Waals surface area (Å²) >= 11 is 1.62. The molecule has 2 unspecified atom stereocenters. The fraction of sp³-hybridized carbons (Fsp3) is 0.375. The lowest BCUT2D eigenvalue weighted by Crippen LogP contribution is -2.42. The standard InChI is InChI=1S/C32H37NO6S/c1-20-15-22(16-21(2)29(20)39-32(3,4)30(35)36)17-24-18-33(31(37)38-25-9-7-6-8-10-25)19-27(24)28(34)23-11-13-26(40-5)14-12-23/h6-16,24,27,30,35-36H,17-19H2,1-5H3. The SMILES string of the molecule is CSc1ccc(C(=O)C2CN(C(=O)Oc3ccccc3)CC2Cc2cc(C)c(OC(C)(C)C(O)O)c(C)c2)cc1. The summed E-state index contributed by atoms with van der Waals surface area (Å²) in [6.45, 7) is 7.74. The molecule has 8 heteroatoms. The van der Waals surface area contributed by atoms with Crippen LogP contribution in [-0.2, 0) is 6.42 Å². The molecule has 1 aliphatic rings. The molecule has 2 atom stereocenters. The molecule has 0 radical (unpaired) electrons. The topological polar surface area (TPSA) is 96.3 Å². The Labute approximate surface area is 240 Å². The first-order valence-electron chi connectivity index (χ1n) is 13.3. The van der Waals surface area contributed by atoms with Gasteiger partial charge in [-0.3, -0.25) is 4.79 Å². The minimum Gasteiger partial charge on any atom is -0.482 e. The number of amides is 1. The molecule has 3 aromatic rings. The third-order valence-electron chi connectivity index (χ3n) is 7.36. The van der Waals surface area contributed by atoms with Crippen molar-refractivity contribution < 1.29 is 29.3 Å². The predicted molar refractivity (Wildman–Crippen MR) is 156 cm³/mol. The number of aliphatic hydroxyl groups excluding tert-OH is 1. The minimum absolute atomic E-state index is 0.0137. The number of likely N-dealkylation sites (tertiary alicyclic amines) is 1. The van der Waals surface area contributed by atoms with Crippen LogP contribution in [0.15, 0.2) is 71.6 Å². The molecule has 40 heavy (non-hydrogen) atoms. The van der Waals surface area contributed by atoms with Gasteiger partial charge in [0.2, 0.25) is 0 Å². The second-order valence-electron chi connectivity index (χ2n) is 10.9. The van der Waals surface area contributed by atoms with Crippen LogP contribution in [0.5, 0.6) is 11.5 Å². The Hall–Kier alpha value is -3.33. The van der Waals surface area contributed by atoms with Crippen LogP contribution in [0.2, 0.25) is 0 Å². The van der Waals surface area contributed by atoms with E-state index >= 15 is 0 Å². The fourth-order valence-electron chi connectivity index (χ4n) is 5.08. The molecule has 0 aromatic heterocycles. The van der Waals surface area contributed by atoms with E-state index in [9.17, 15) is 19.8 Å². The number of nitrogens with zero attached hydrogens (tertiary/aromatic N) is 1. The number of rotatable bonds is 9. The zero-order chi connectivity index (χ0) is 29.0. The Bertz CT molecular complexity index is 1320. The number of para-hydroxylation sites is 1. The summed E-state index contributed by atoms with van der Waals surface area (Å²) in [6.07, 6.45) is 0.475. The van der Waals surface area contributed by atoms with Gasteiger partial charge in [0.05, 0.1) is 0 Å². The molecule has 2 N–H and O–H groups in total. The molecular formula is C32H37NO6S. The Kier molecular flexibility index (Phi) is 9.23. The molecule has 1 amide bonds. The van der Waals surface area contributed by atoms with Gasteiger partial charge in [-0.25, -0.2) is 4.79 Å². The maximum atomic E-state index is 13.7. The maximum Gasteiger partial charge on any atom is 0.415 e. The van der Waals surface area contributed by atoms with Gasteiger partial charge >= 0.3 is 6.09 Å². The van der Waals surface area contributed by atoms with Crippen LogP contribution >= 0.6 is 11.8 Å². The van der Waals surface area contributed by atoms with E-state index in [2.05, 4.69) is 0 Å². The van der Waals surface area contributed by atoms with Crippen molar-refractivity contribution in [1.82, 2.24) is 4.90 Å². The van der Waals surface area contributed by atoms with E-state index in [1.54, 1.807) is 54.8 Å². The third-order valence-corrected chi connectivity index (χ3v) is 8.11. The Morgan fingerprint density at radius 3 is 2.20 bits per heavy atom. The molecular weight excluding hydrogens is 526 g/mol. The van der Waals surface area contributed by atoms with Crippen LogP contribution < -0.4 is 9.47 Å². The molecule has 3 aromatic carbocycles. The number of carbonyl (C=O) groups excluding carboxylic acids is 2. The molecule has 0 aliphatic carbocycles. The summed E-state index contributed by atoms with van der Waals surface area (Å²) in [5.41, 5.74) is 2.19. The van der Waals surface area contributed by atoms with Crippen molar-refractivity contribution >= 4 is 23.6 Å². The molecule has 1 aliphatic heterocycles. The molecule has 212 valence electrons. The van der Waals surface area contributed by atoms with Crippen molar-refractivity contribution in [1.29, 1.82) is 0 Å². The number of thioether (sulfide) groups is 1. The van der Waals surface area contributed by atoms with Gasteiger partial charge in [0.25, 0.3) is 0 Å². The van der Waals surface area contributed by atoms with E-state index < -0.39 is 18.0 Å². The van der Waals surface area contributed by atoms with Gasteiger partial charge in [0.1, 0.15) is 11.5 Å². The highest BCUT2D eigenvalue weighted by atomic mass is 32.2. The smallest absolute Gasteiger partial charge is 0.415 e. The average Bonchev–Trinajstić information content (AvgIpc) is 3.34.